The summed E-state index contributed by atoms with van der Waals surface area (Å²) in [6.07, 6.45) is 3.90. The molecule has 7 heteroatoms. The van der Waals surface area contributed by atoms with Crippen LogP contribution in [0.15, 0.2) is 49.1 Å². The Morgan fingerprint density at radius 3 is 2.60 bits per heavy atom. The van der Waals surface area contributed by atoms with Gasteiger partial charge in [-0.15, -0.1) is 6.58 Å². The minimum absolute atomic E-state index is 0.0755. The van der Waals surface area contributed by atoms with Crippen molar-refractivity contribution in [3.63, 3.8) is 0 Å². The standard InChI is InChI=1S/C23H26N2O5/c1-4-6-16-8-11-19(21(13-16)29-3)30-15-22(26)24-17-9-10-18(20(14-17)28-2)25-12-5-7-23(25)27/h4,8-11,13-14H,1,5-7,12,15H2,2-3H3,(H,24,26). The first-order chi connectivity index (χ1) is 14.5. The van der Waals surface area contributed by atoms with Gasteiger partial charge in [0.05, 0.1) is 19.9 Å². The third-order valence-electron chi connectivity index (χ3n) is 4.79. The first-order valence-corrected chi connectivity index (χ1v) is 9.74. The molecule has 0 aliphatic carbocycles. The van der Waals surface area contributed by atoms with E-state index in [2.05, 4.69) is 11.9 Å². The number of methoxy groups -OCH3 is 2. The van der Waals surface area contributed by atoms with E-state index in [1.54, 1.807) is 36.3 Å². The summed E-state index contributed by atoms with van der Waals surface area (Å²) in [5.41, 5.74) is 2.31. The van der Waals surface area contributed by atoms with Crippen LogP contribution in [0.1, 0.15) is 18.4 Å². The number of carbonyl (C=O) groups is 2. The molecule has 158 valence electrons. The maximum Gasteiger partial charge on any atom is 0.262 e. The number of nitrogens with zero attached hydrogens (tertiary/aromatic N) is 1. The zero-order valence-electron chi connectivity index (χ0n) is 17.3. The van der Waals surface area contributed by atoms with Crippen LogP contribution in [0.4, 0.5) is 11.4 Å². The number of hydrogen-bond donors (Lipinski definition) is 1. The van der Waals surface area contributed by atoms with Crippen molar-refractivity contribution in [2.24, 2.45) is 0 Å². The molecule has 2 amide bonds. The number of nitrogens with one attached hydrogen (secondary N) is 1. The van der Waals surface area contributed by atoms with Crippen molar-refractivity contribution in [1.29, 1.82) is 0 Å². The molecule has 0 aromatic heterocycles. The zero-order chi connectivity index (χ0) is 21.5. The number of rotatable bonds is 9. The van der Waals surface area contributed by atoms with Crippen LogP contribution in [0.3, 0.4) is 0 Å². The summed E-state index contributed by atoms with van der Waals surface area (Å²) in [4.78, 5) is 26.1. The zero-order valence-corrected chi connectivity index (χ0v) is 17.3. The Labute approximate surface area is 176 Å². The maximum absolute atomic E-state index is 12.4. The predicted molar refractivity (Wildman–Crippen MR) is 116 cm³/mol. The second-order valence-electron chi connectivity index (χ2n) is 6.85. The quantitative estimate of drug-likeness (QED) is 0.640. The Morgan fingerprint density at radius 2 is 1.93 bits per heavy atom. The van der Waals surface area contributed by atoms with Crippen molar-refractivity contribution in [3.05, 3.63) is 54.6 Å². The van der Waals surface area contributed by atoms with Crippen LogP contribution in [0, 0.1) is 0 Å². The SMILES string of the molecule is C=CCc1ccc(OCC(=O)Nc2ccc(N3CCCC3=O)c(OC)c2)c(OC)c1. The van der Waals surface area contributed by atoms with E-state index in [0.717, 1.165) is 18.4 Å². The highest BCUT2D eigenvalue weighted by Gasteiger charge is 2.24. The number of carbonyl (C=O) groups excluding carboxylic acids is 2. The van der Waals surface area contributed by atoms with Crippen LogP contribution in [-0.4, -0.2) is 39.2 Å². The van der Waals surface area contributed by atoms with E-state index in [-0.39, 0.29) is 18.4 Å². The maximum atomic E-state index is 12.4. The molecule has 0 bridgehead atoms. The molecule has 1 aliphatic heterocycles. The first kappa shape index (κ1) is 21.2. The molecule has 1 aliphatic rings. The van der Waals surface area contributed by atoms with Gasteiger partial charge in [-0.1, -0.05) is 12.1 Å². The number of hydrogen-bond acceptors (Lipinski definition) is 5. The molecule has 1 fully saturated rings. The normalized spacial score (nSPS) is 13.1. The second kappa shape index (κ2) is 9.82. The Morgan fingerprint density at radius 1 is 1.13 bits per heavy atom. The lowest BCUT2D eigenvalue weighted by atomic mass is 10.1. The summed E-state index contributed by atoms with van der Waals surface area (Å²) in [5.74, 6) is 1.33. The predicted octanol–water partition coefficient (Wildman–Crippen LogP) is 3.58. The van der Waals surface area contributed by atoms with Gasteiger partial charge in [0, 0.05) is 24.7 Å². The van der Waals surface area contributed by atoms with E-state index in [1.165, 1.54) is 7.11 Å². The average molecular weight is 410 g/mol. The third-order valence-corrected chi connectivity index (χ3v) is 4.79. The molecule has 7 nitrogen and oxygen atoms in total. The molecule has 0 spiro atoms. The molecule has 2 aromatic rings. The van der Waals surface area contributed by atoms with Crippen molar-refractivity contribution >= 4 is 23.2 Å². The van der Waals surface area contributed by atoms with Crippen LogP contribution < -0.4 is 24.4 Å². The largest absolute Gasteiger partial charge is 0.494 e. The number of amides is 2. The van der Waals surface area contributed by atoms with Crippen LogP contribution >= 0.6 is 0 Å². The van der Waals surface area contributed by atoms with Crippen molar-refractivity contribution in [3.8, 4) is 17.2 Å². The molecule has 2 aromatic carbocycles. The Hall–Kier alpha value is -3.48. The van der Waals surface area contributed by atoms with Gasteiger partial charge >= 0.3 is 0 Å². The Balaban J connectivity index is 1.63. The van der Waals surface area contributed by atoms with Gasteiger partial charge in [-0.25, -0.2) is 0 Å². The lowest BCUT2D eigenvalue weighted by molar-refractivity contribution is -0.118. The van der Waals surface area contributed by atoms with Crippen molar-refractivity contribution in [2.75, 3.05) is 37.6 Å². The topological polar surface area (TPSA) is 77.1 Å². The molecule has 1 heterocycles. The van der Waals surface area contributed by atoms with E-state index < -0.39 is 0 Å². The Bertz CT molecular complexity index is 941. The highest BCUT2D eigenvalue weighted by molar-refractivity contribution is 5.98. The fraction of sp³-hybridized carbons (Fsp3) is 0.304. The summed E-state index contributed by atoms with van der Waals surface area (Å²) in [7, 11) is 3.09. The molecule has 0 atom stereocenters. The van der Waals surface area contributed by atoms with Crippen LogP contribution in [-0.2, 0) is 16.0 Å². The van der Waals surface area contributed by atoms with E-state index in [9.17, 15) is 9.59 Å². The lowest BCUT2D eigenvalue weighted by Gasteiger charge is -2.19. The first-order valence-electron chi connectivity index (χ1n) is 9.74. The van der Waals surface area contributed by atoms with E-state index in [0.29, 0.717) is 41.6 Å². The van der Waals surface area contributed by atoms with Gasteiger partial charge in [-0.3, -0.25) is 9.59 Å². The molecule has 0 saturated carbocycles. The van der Waals surface area contributed by atoms with E-state index in [4.69, 9.17) is 14.2 Å². The number of anilines is 2. The average Bonchev–Trinajstić information content (AvgIpc) is 3.18. The minimum Gasteiger partial charge on any atom is -0.494 e. The molecule has 1 N–H and O–H groups in total. The molecule has 30 heavy (non-hydrogen) atoms. The number of ether oxygens (including phenoxy) is 3. The van der Waals surface area contributed by atoms with Crippen molar-refractivity contribution in [2.45, 2.75) is 19.3 Å². The van der Waals surface area contributed by atoms with Gasteiger partial charge in [0.15, 0.2) is 18.1 Å². The molecule has 1 saturated heterocycles. The van der Waals surface area contributed by atoms with Gasteiger partial charge in [-0.05, 0) is 42.7 Å². The van der Waals surface area contributed by atoms with E-state index in [1.807, 2.05) is 18.2 Å². The number of benzene rings is 2. The molecule has 0 radical (unpaired) electrons. The summed E-state index contributed by atoms with van der Waals surface area (Å²) in [6, 6.07) is 10.8. The lowest BCUT2D eigenvalue weighted by Crippen LogP contribution is -2.24. The van der Waals surface area contributed by atoms with Gasteiger partial charge in [-0.2, -0.15) is 0 Å². The van der Waals surface area contributed by atoms with Crippen molar-refractivity contribution < 1.29 is 23.8 Å². The summed E-state index contributed by atoms with van der Waals surface area (Å²) >= 11 is 0. The second-order valence-corrected chi connectivity index (χ2v) is 6.85. The highest BCUT2D eigenvalue weighted by Crippen LogP contribution is 2.34. The molecular weight excluding hydrogens is 384 g/mol. The van der Waals surface area contributed by atoms with Gasteiger partial charge in [0.25, 0.3) is 5.91 Å². The summed E-state index contributed by atoms with van der Waals surface area (Å²) < 4.78 is 16.4. The van der Waals surface area contributed by atoms with Crippen LogP contribution in [0.2, 0.25) is 0 Å². The summed E-state index contributed by atoms with van der Waals surface area (Å²) in [6.45, 7) is 4.22. The third kappa shape index (κ3) is 4.92. The fourth-order valence-electron chi connectivity index (χ4n) is 3.35. The molecule has 3 rings (SSSR count). The number of allylic oxidation sites excluding steroid dienone is 1. The molecule has 0 unspecified atom stereocenters. The molecular formula is C23H26N2O5. The van der Waals surface area contributed by atoms with Crippen LogP contribution in [0.5, 0.6) is 17.2 Å². The van der Waals surface area contributed by atoms with Crippen LogP contribution in [0.25, 0.3) is 0 Å². The summed E-state index contributed by atoms with van der Waals surface area (Å²) in [5, 5.41) is 2.78. The van der Waals surface area contributed by atoms with E-state index >= 15 is 0 Å². The van der Waals surface area contributed by atoms with Gasteiger partial charge in [0.2, 0.25) is 5.91 Å². The van der Waals surface area contributed by atoms with Gasteiger partial charge < -0.3 is 24.4 Å². The van der Waals surface area contributed by atoms with Crippen molar-refractivity contribution in [1.82, 2.24) is 0 Å². The monoisotopic (exact) mass is 410 g/mol. The van der Waals surface area contributed by atoms with Gasteiger partial charge in [0.1, 0.15) is 5.75 Å². The Kier molecular flexibility index (Phi) is 6.95. The fourth-order valence-corrected chi connectivity index (χ4v) is 3.35. The smallest absolute Gasteiger partial charge is 0.262 e. The highest BCUT2D eigenvalue weighted by atomic mass is 16.5. The minimum atomic E-state index is -0.320.